The van der Waals surface area contributed by atoms with E-state index in [0.29, 0.717) is 31.4 Å². The molecule has 0 atom stereocenters. The number of unbranched alkanes of at least 4 members (excludes halogenated alkanes) is 3. The summed E-state index contributed by atoms with van der Waals surface area (Å²) in [4.78, 5) is 32.2. The van der Waals surface area contributed by atoms with Crippen molar-refractivity contribution in [3.8, 4) is 0 Å². The first-order valence-electron chi connectivity index (χ1n) is 6.14. The summed E-state index contributed by atoms with van der Waals surface area (Å²) < 4.78 is 4.88. The van der Waals surface area contributed by atoms with Crippen molar-refractivity contribution in [3.63, 3.8) is 0 Å². The fourth-order valence-electron chi connectivity index (χ4n) is 1.44. The van der Waals surface area contributed by atoms with Crippen LogP contribution in [-0.2, 0) is 19.1 Å². The van der Waals surface area contributed by atoms with Crippen LogP contribution >= 0.6 is 0 Å². The lowest BCUT2D eigenvalue weighted by Crippen LogP contribution is -2.23. The van der Waals surface area contributed by atoms with Gasteiger partial charge in [-0.2, -0.15) is 0 Å². The van der Waals surface area contributed by atoms with Crippen LogP contribution in [0.4, 0.5) is 0 Å². The van der Waals surface area contributed by atoms with Crippen molar-refractivity contribution in [2.75, 3.05) is 6.61 Å². The summed E-state index contributed by atoms with van der Waals surface area (Å²) in [6, 6.07) is 0. The number of aliphatic carboxylic acids is 2. The van der Waals surface area contributed by atoms with Gasteiger partial charge in [0.15, 0.2) is 5.92 Å². The largest absolute Gasteiger partial charge is 0.481 e. The van der Waals surface area contributed by atoms with Crippen LogP contribution in [-0.4, -0.2) is 34.7 Å². The Morgan fingerprint density at radius 3 is 2.05 bits per heavy atom. The van der Waals surface area contributed by atoms with Crippen molar-refractivity contribution in [1.82, 2.24) is 0 Å². The lowest BCUT2D eigenvalue weighted by Gasteiger charge is -2.07. The molecule has 6 heteroatoms. The third-order valence-corrected chi connectivity index (χ3v) is 2.56. The van der Waals surface area contributed by atoms with E-state index in [0.717, 1.165) is 6.42 Å². The first-order valence-corrected chi connectivity index (χ1v) is 6.14. The minimum atomic E-state index is -1.33. The van der Waals surface area contributed by atoms with E-state index in [4.69, 9.17) is 14.9 Å². The standard InChI is InChI=1S/C13H20O6/c1-9(2)13(18)19-8-6-4-3-5-7-10(11(14)15)12(16)17/h10H,1,3-8H2,2H3,(H,14,15)(H,16,17). The highest BCUT2D eigenvalue weighted by atomic mass is 16.5. The van der Waals surface area contributed by atoms with Gasteiger partial charge in [0.2, 0.25) is 0 Å². The van der Waals surface area contributed by atoms with Crippen LogP contribution in [0.25, 0.3) is 0 Å². The molecule has 0 aliphatic rings. The number of carbonyl (C=O) groups is 3. The lowest BCUT2D eigenvalue weighted by molar-refractivity contribution is -0.154. The maximum Gasteiger partial charge on any atom is 0.333 e. The first kappa shape index (κ1) is 17.2. The van der Waals surface area contributed by atoms with Gasteiger partial charge in [-0.3, -0.25) is 9.59 Å². The molecule has 2 N–H and O–H groups in total. The summed E-state index contributed by atoms with van der Waals surface area (Å²) in [7, 11) is 0. The van der Waals surface area contributed by atoms with E-state index in [-0.39, 0.29) is 6.42 Å². The molecule has 19 heavy (non-hydrogen) atoms. The molecular weight excluding hydrogens is 252 g/mol. The molecule has 0 heterocycles. The lowest BCUT2D eigenvalue weighted by atomic mass is 10.0. The van der Waals surface area contributed by atoms with Crippen LogP contribution in [0.2, 0.25) is 0 Å². The van der Waals surface area contributed by atoms with E-state index >= 15 is 0 Å². The zero-order chi connectivity index (χ0) is 14.8. The topological polar surface area (TPSA) is 101 Å². The molecule has 0 saturated heterocycles. The predicted molar refractivity (Wildman–Crippen MR) is 67.6 cm³/mol. The number of hydrogen-bond donors (Lipinski definition) is 2. The Morgan fingerprint density at radius 2 is 1.58 bits per heavy atom. The van der Waals surface area contributed by atoms with Crippen LogP contribution in [0.15, 0.2) is 12.2 Å². The summed E-state index contributed by atoms with van der Waals surface area (Å²) in [5, 5.41) is 17.3. The van der Waals surface area contributed by atoms with Gasteiger partial charge in [-0.05, 0) is 19.8 Å². The molecule has 0 amide bonds. The van der Waals surface area contributed by atoms with E-state index in [1.165, 1.54) is 0 Å². The second-order valence-corrected chi connectivity index (χ2v) is 4.35. The summed E-state index contributed by atoms with van der Waals surface area (Å²) in [6.07, 6.45) is 2.79. The summed E-state index contributed by atoms with van der Waals surface area (Å²) in [5.41, 5.74) is 0.353. The van der Waals surface area contributed by atoms with Gasteiger partial charge in [0, 0.05) is 5.57 Å². The van der Waals surface area contributed by atoms with Gasteiger partial charge in [0.25, 0.3) is 0 Å². The smallest absolute Gasteiger partial charge is 0.333 e. The third-order valence-electron chi connectivity index (χ3n) is 2.56. The SMILES string of the molecule is C=C(C)C(=O)OCCCCCCC(C(=O)O)C(=O)O. The Labute approximate surface area is 112 Å². The fraction of sp³-hybridized carbons (Fsp3) is 0.615. The second-order valence-electron chi connectivity index (χ2n) is 4.35. The molecule has 0 aromatic carbocycles. The molecule has 108 valence electrons. The number of carboxylic acid groups (broad SMARTS) is 2. The van der Waals surface area contributed by atoms with Crippen LogP contribution < -0.4 is 0 Å². The Kier molecular flexibility index (Phi) is 8.24. The van der Waals surface area contributed by atoms with Crippen LogP contribution in [0.1, 0.15) is 39.0 Å². The molecule has 6 nitrogen and oxygen atoms in total. The van der Waals surface area contributed by atoms with Gasteiger partial charge >= 0.3 is 17.9 Å². The quantitative estimate of drug-likeness (QED) is 0.272. The molecule has 0 spiro atoms. The van der Waals surface area contributed by atoms with Gasteiger partial charge < -0.3 is 14.9 Å². The van der Waals surface area contributed by atoms with Crippen molar-refractivity contribution >= 4 is 17.9 Å². The Bertz CT molecular complexity index is 333. The van der Waals surface area contributed by atoms with E-state index in [1.54, 1.807) is 6.92 Å². The molecule has 0 bridgehead atoms. The summed E-state index contributed by atoms with van der Waals surface area (Å²) in [6.45, 7) is 5.32. The van der Waals surface area contributed by atoms with Crippen LogP contribution in [0.3, 0.4) is 0 Å². The van der Waals surface area contributed by atoms with E-state index in [1.807, 2.05) is 0 Å². The number of hydrogen-bond acceptors (Lipinski definition) is 4. The van der Waals surface area contributed by atoms with Gasteiger partial charge in [-0.15, -0.1) is 0 Å². The van der Waals surface area contributed by atoms with Crippen molar-refractivity contribution < 1.29 is 29.3 Å². The second kappa shape index (κ2) is 9.13. The van der Waals surface area contributed by atoms with Gasteiger partial charge in [-0.1, -0.05) is 25.8 Å². The molecule has 0 unspecified atom stereocenters. The normalized spacial score (nSPS) is 10.2. The van der Waals surface area contributed by atoms with Crippen LogP contribution in [0, 0.1) is 5.92 Å². The molecule has 0 rings (SSSR count). The average molecular weight is 272 g/mol. The number of carbonyl (C=O) groups excluding carboxylic acids is 1. The first-order chi connectivity index (χ1) is 8.86. The Balaban J connectivity index is 3.60. The van der Waals surface area contributed by atoms with Crippen molar-refractivity contribution in [2.24, 2.45) is 5.92 Å². The number of carboxylic acids is 2. The van der Waals surface area contributed by atoms with Gasteiger partial charge in [-0.25, -0.2) is 4.79 Å². The zero-order valence-corrected chi connectivity index (χ0v) is 11.1. The molecule has 0 aromatic heterocycles. The zero-order valence-electron chi connectivity index (χ0n) is 11.1. The van der Waals surface area contributed by atoms with Gasteiger partial charge in [0.1, 0.15) is 0 Å². The highest BCUT2D eigenvalue weighted by Crippen LogP contribution is 2.12. The maximum atomic E-state index is 11.0. The van der Waals surface area contributed by atoms with Crippen molar-refractivity contribution in [1.29, 1.82) is 0 Å². The average Bonchev–Trinajstić information content (AvgIpc) is 2.30. The molecule has 0 aliphatic carbocycles. The minimum Gasteiger partial charge on any atom is -0.481 e. The number of ether oxygens (including phenoxy) is 1. The summed E-state index contributed by atoms with van der Waals surface area (Å²) in [5.74, 6) is -4.36. The predicted octanol–water partition coefficient (Wildman–Crippen LogP) is 1.84. The molecule has 0 saturated carbocycles. The van der Waals surface area contributed by atoms with Crippen molar-refractivity contribution in [2.45, 2.75) is 39.0 Å². The van der Waals surface area contributed by atoms with E-state index in [9.17, 15) is 14.4 Å². The third kappa shape index (κ3) is 7.96. The molecule has 0 fully saturated rings. The highest BCUT2D eigenvalue weighted by molar-refractivity contribution is 5.92. The molecule has 0 aliphatic heterocycles. The maximum absolute atomic E-state index is 11.0. The Hall–Kier alpha value is -1.85. The number of rotatable bonds is 10. The number of esters is 1. The minimum absolute atomic E-state index is 0.121. The van der Waals surface area contributed by atoms with Crippen LogP contribution in [0.5, 0.6) is 0 Å². The Morgan fingerprint density at radius 1 is 1.05 bits per heavy atom. The molecule has 0 radical (unpaired) electrons. The molecule has 0 aromatic rings. The van der Waals surface area contributed by atoms with E-state index < -0.39 is 23.8 Å². The molecular formula is C13H20O6. The van der Waals surface area contributed by atoms with Gasteiger partial charge in [0.05, 0.1) is 6.61 Å². The highest BCUT2D eigenvalue weighted by Gasteiger charge is 2.24. The van der Waals surface area contributed by atoms with Crippen molar-refractivity contribution in [3.05, 3.63) is 12.2 Å². The van der Waals surface area contributed by atoms with E-state index in [2.05, 4.69) is 6.58 Å². The summed E-state index contributed by atoms with van der Waals surface area (Å²) >= 11 is 0. The fourth-order valence-corrected chi connectivity index (χ4v) is 1.44. The monoisotopic (exact) mass is 272 g/mol.